The maximum Gasteiger partial charge on any atom is 0.223 e. The highest BCUT2D eigenvalue weighted by molar-refractivity contribution is 5.76. The second-order valence-corrected chi connectivity index (χ2v) is 7.89. The molecule has 1 N–H and O–H groups in total. The SMILES string of the molecule is Cc1nc(CCC(=O)N2CCC(NCC3CC3)CC2)oc1-c1ccccc1. The molecule has 1 aromatic carbocycles. The minimum absolute atomic E-state index is 0.216. The summed E-state index contributed by atoms with van der Waals surface area (Å²) in [5.41, 5.74) is 1.91. The lowest BCUT2D eigenvalue weighted by molar-refractivity contribution is -0.132. The molecular weight excluding hydrogens is 338 g/mol. The summed E-state index contributed by atoms with van der Waals surface area (Å²) < 4.78 is 5.92. The van der Waals surface area contributed by atoms with E-state index in [2.05, 4.69) is 10.3 Å². The predicted molar refractivity (Wildman–Crippen MR) is 105 cm³/mol. The number of aryl methyl sites for hydroxylation is 2. The van der Waals surface area contributed by atoms with Crippen molar-refractivity contribution >= 4 is 5.91 Å². The van der Waals surface area contributed by atoms with Gasteiger partial charge in [0.05, 0.1) is 5.69 Å². The third-order valence-corrected chi connectivity index (χ3v) is 5.67. The standard InChI is InChI=1S/C22H29N3O2/c1-16-22(18-5-3-2-4-6-18)27-20(24-16)9-10-21(26)25-13-11-19(12-14-25)23-15-17-7-8-17/h2-6,17,19,23H,7-15H2,1H3. The fraction of sp³-hybridized carbons (Fsp3) is 0.545. The van der Waals surface area contributed by atoms with Crippen LogP contribution in [0.2, 0.25) is 0 Å². The Labute approximate surface area is 161 Å². The zero-order valence-corrected chi connectivity index (χ0v) is 16.1. The first-order chi connectivity index (χ1) is 13.2. The lowest BCUT2D eigenvalue weighted by atomic mass is 10.0. The lowest BCUT2D eigenvalue weighted by Crippen LogP contribution is -2.45. The number of hydrogen-bond acceptors (Lipinski definition) is 4. The van der Waals surface area contributed by atoms with Crippen LogP contribution in [0.4, 0.5) is 0 Å². The zero-order chi connectivity index (χ0) is 18.6. The van der Waals surface area contributed by atoms with E-state index in [1.807, 2.05) is 42.2 Å². The molecule has 2 aromatic rings. The van der Waals surface area contributed by atoms with Crippen molar-refractivity contribution in [2.45, 2.75) is 51.5 Å². The van der Waals surface area contributed by atoms with Crippen molar-refractivity contribution in [3.63, 3.8) is 0 Å². The number of oxazole rings is 1. The van der Waals surface area contributed by atoms with Crippen LogP contribution in [0, 0.1) is 12.8 Å². The number of nitrogens with zero attached hydrogens (tertiary/aromatic N) is 2. The summed E-state index contributed by atoms with van der Waals surface area (Å²) in [5.74, 6) is 2.59. The molecule has 2 fully saturated rings. The molecule has 27 heavy (non-hydrogen) atoms. The van der Waals surface area contributed by atoms with Crippen LogP contribution in [-0.2, 0) is 11.2 Å². The van der Waals surface area contributed by atoms with Crippen molar-refractivity contribution in [1.82, 2.24) is 15.2 Å². The van der Waals surface area contributed by atoms with Gasteiger partial charge < -0.3 is 14.6 Å². The van der Waals surface area contributed by atoms with E-state index >= 15 is 0 Å². The molecule has 0 spiro atoms. The molecule has 0 radical (unpaired) electrons. The summed E-state index contributed by atoms with van der Waals surface area (Å²) in [6.07, 6.45) is 5.93. The number of hydrogen-bond donors (Lipinski definition) is 1. The highest BCUT2D eigenvalue weighted by Crippen LogP contribution is 2.28. The van der Waals surface area contributed by atoms with Crippen LogP contribution < -0.4 is 5.32 Å². The van der Waals surface area contributed by atoms with E-state index in [1.165, 1.54) is 12.8 Å². The van der Waals surface area contributed by atoms with Gasteiger partial charge in [-0.2, -0.15) is 0 Å². The summed E-state index contributed by atoms with van der Waals surface area (Å²) in [6, 6.07) is 10.6. The summed E-state index contributed by atoms with van der Waals surface area (Å²) in [5, 5.41) is 3.66. The van der Waals surface area contributed by atoms with E-state index in [9.17, 15) is 4.79 Å². The number of rotatable bonds is 7. The second kappa shape index (κ2) is 8.26. The van der Waals surface area contributed by atoms with Gasteiger partial charge in [0.1, 0.15) is 0 Å². The molecule has 0 atom stereocenters. The Balaban J connectivity index is 1.25. The van der Waals surface area contributed by atoms with Crippen molar-refractivity contribution < 1.29 is 9.21 Å². The predicted octanol–water partition coefficient (Wildman–Crippen LogP) is 3.57. The Bertz CT molecular complexity index is 759. The molecule has 2 heterocycles. The van der Waals surface area contributed by atoms with E-state index < -0.39 is 0 Å². The number of carbonyl (C=O) groups is 1. The largest absolute Gasteiger partial charge is 0.440 e. The first-order valence-corrected chi connectivity index (χ1v) is 10.2. The van der Waals surface area contributed by atoms with Gasteiger partial charge in [-0.25, -0.2) is 4.98 Å². The number of likely N-dealkylation sites (tertiary alicyclic amines) is 1. The molecule has 5 nitrogen and oxygen atoms in total. The minimum Gasteiger partial charge on any atom is -0.440 e. The number of amides is 1. The van der Waals surface area contributed by atoms with Gasteiger partial charge in [0.15, 0.2) is 11.7 Å². The van der Waals surface area contributed by atoms with E-state index in [1.54, 1.807) is 0 Å². The quantitative estimate of drug-likeness (QED) is 0.813. The molecule has 1 amide bonds. The molecule has 144 valence electrons. The van der Waals surface area contributed by atoms with E-state index in [-0.39, 0.29) is 5.91 Å². The lowest BCUT2D eigenvalue weighted by Gasteiger charge is -2.32. The molecule has 2 aliphatic rings. The van der Waals surface area contributed by atoms with Gasteiger partial charge >= 0.3 is 0 Å². The average Bonchev–Trinajstić information content (AvgIpc) is 3.46. The van der Waals surface area contributed by atoms with Crippen LogP contribution in [0.3, 0.4) is 0 Å². The number of carbonyl (C=O) groups excluding carboxylic acids is 1. The highest BCUT2D eigenvalue weighted by atomic mass is 16.4. The van der Waals surface area contributed by atoms with Crippen molar-refractivity contribution in [2.75, 3.05) is 19.6 Å². The van der Waals surface area contributed by atoms with E-state index in [0.29, 0.717) is 24.8 Å². The monoisotopic (exact) mass is 367 g/mol. The third-order valence-electron chi connectivity index (χ3n) is 5.67. The van der Waals surface area contributed by atoms with Crippen LogP contribution in [0.5, 0.6) is 0 Å². The van der Waals surface area contributed by atoms with Gasteiger partial charge in [-0.3, -0.25) is 4.79 Å². The summed E-state index contributed by atoms with van der Waals surface area (Å²) in [6.45, 7) is 4.84. The van der Waals surface area contributed by atoms with Crippen LogP contribution >= 0.6 is 0 Å². The molecule has 5 heteroatoms. The Hall–Kier alpha value is -2.14. The topological polar surface area (TPSA) is 58.4 Å². The first-order valence-electron chi connectivity index (χ1n) is 10.2. The number of piperidine rings is 1. The summed E-state index contributed by atoms with van der Waals surface area (Å²) >= 11 is 0. The Morgan fingerprint density at radius 1 is 1.19 bits per heavy atom. The van der Waals surface area contributed by atoms with Gasteiger partial charge in [0.2, 0.25) is 5.91 Å². The number of nitrogens with one attached hydrogen (secondary N) is 1. The molecule has 0 bridgehead atoms. The Morgan fingerprint density at radius 2 is 1.93 bits per heavy atom. The van der Waals surface area contributed by atoms with Crippen LogP contribution in [0.25, 0.3) is 11.3 Å². The maximum atomic E-state index is 12.6. The van der Waals surface area contributed by atoms with Gasteiger partial charge in [-0.15, -0.1) is 0 Å². The average molecular weight is 367 g/mol. The van der Waals surface area contributed by atoms with Crippen molar-refractivity contribution in [3.05, 3.63) is 41.9 Å². The summed E-state index contributed by atoms with van der Waals surface area (Å²) in [4.78, 5) is 19.1. The van der Waals surface area contributed by atoms with Crippen LogP contribution in [0.15, 0.2) is 34.7 Å². The normalized spacial score (nSPS) is 18.0. The molecular formula is C22H29N3O2. The highest BCUT2D eigenvalue weighted by Gasteiger charge is 2.26. The first kappa shape index (κ1) is 18.2. The molecule has 1 aliphatic carbocycles. The summed E-state index contributed by atoms with van der Waals surface area (Å²) in [7, 11) is 0. The van der Waals surface area contributed by atoms with Crippen LogP contribution in [-0.4, -0.2) is 41.5 Å². The fourth-order valence-electron chi connectivity index (χ4n) is 3.78. The minimum atomic E-state index is 0.216. The van der Waals surface area contributed by atoms with Crippen molar-refractivity contribution in [2.24, 2.45) is 5.92 Å². The van der Waals surface area contributed by atoms with Gasteiger partial charge in [-0.1, -0.05) is 30.3 Å². The van der Waals surface area contributed by atoms with Gasteiger partial charge in [0, 0.05) is 37.5 Å². The third kappa shape index (κ3) is 4.78. The van der Waals surface area contributed by atoms with Crippen molar-refractivity contribution in [1.29, 1.82) is 0 Å². The number of benzene rings is 1. The Morgan fingerprint density at radius 3 is 2.63 bits per heavy atom. The molecule has 4 rings (SSSR count). The molecule has 1 aromatic heterocycles. The smallest absolute Gasteiger partial charge is 0.223 e. The zero-order valence-electron chi connectivity index (χ0n) is 16.1. The van der Waals surface area contributed by atoms with Gasteiger partial charge in [0.25, 0.3) is 0 Å². The Kier molecular flexibility index (Phi) is 5.58. The molecule has 1 saturated heterocycles. The molecule has 1 saturated carbocycles. The molecule has 0 unspecified atom stereocenters. The second-order valence-electron chi connectivity index (χ2n) is 7.89. The number of aromatic nitrogens is 1. The van der Waals surface area contributed by atoms with E-state index in [0.717, 1.165) is 55.4 Å². The van der Waals surface area contributed by atoms with E-state index in [4.69, 9.17) is 4.42 Å². The fourth-order valence-corrected chi connectivity index (χ4v) is 3.78. The van der Waals surface area contributed by atoms with Gasteiger partial charge in [-0.05, 0) is 45.1 Å². The maximum absolute atomic E-state index is 12.6. The van der Waals surface area contributed by atoms with Crippen molar-refractivity contribution in [3.8, 4) is 11.3 Å². The molecule has 1 aliphatic heterocycles. The van der Waals surface area contributed by atoms with Crippen LogP contribution in [0.1, 0.15) is 43.7 Å².